The molecule has 0 fully saturated rings. The molecule has 0 aliphatic carbocycles. The standard InChI is InChI=1S/C68H51BF6O5P2/c70-67(71,72)56-45-57(68(73,74)75)47-58(46-56)78-69(79-81(59-27-7-1-8-28-59,60-29-9-2-10-30-60,61-31-11-3-12-32-61)48-65(76)54-41-39-50-23-19-21-25-52(50)43-54)80-82(62-33-13-4-14-34-62,63-35-15-5-16-36-63,64-37-17-6-18-38-64)49-66(77)55-42-40-51-24-20-22-26-53(51)44-55/h1-47H,48-49H2. The van der Waals surface area contributed by atoms with Crippen LogP contribution in [0.1, 0.15) is 31.8 Å². The Balaban J connectivity index is 1.28. The molecule has 0 aliphatic heterocycles. The first-order chi connectivity index (χ1) is 39.6. The number of Topliss-reactive ketones (excluding diaryl/α,β-unsaturated/α-hetero) is 2. The van der Waals surface area contributed by atoms with E-state index in [4.69, 9.17) is 13.5 Å². The molecule has 0 aromatic heterocycles. The van der Waals surface area contributed by atoms with Gasteiger partial charge in [-0.05, 0) is 0 Å². The van der Waals surface area contributed by atoms with Gasteiger partial charge in [-0.15, -0.1) is 0 Å². The van der Waals surface area contributed by atoms with E-state index >= 15 is 35.9 Å². The number of hydrogen-bond acceptors (Lipinski definition) is 5. The van der Waals surface area contributed by atoms with E-state index in [0.29, 0.717) is 55.1 Å². The number of benzene rings is 11. The Morgan fingerprint density at radius 3 is 0.878 bits per heavy atom. The summed E-state index contributed by atoms with van der Waals surface area (Å²) in [6.45, 7) is -10.7. The van der Waals surface area contributed by atoms with Crippen molar-refractivity contribution in [3.05, 3.63) is 307 Å². The van der Waals surface area contributed by atoms with Crippen molar-refractivity contribution >= 4 is 85.9 Å². The SMILES string of the molecule is O=C(CP(OB(Oc1cc(C(F)(F)F)cc(C(F)(F)F)c1)OP(CC(=O)c1ccc2ccccc2c1)(c1ccccc1)(c1ccccc1)c1ccccc1)(c1ccccc1)(c1ccccc1)c1ccccc1)c1ccc2ccccc2c1. The van der Waals surface area contributed by atoms with Crippen molar-refractivity contribution in [2.75, 3.05) is 12.3 Å². The van der Waals surface area contributed by atoms with Crippen molar-refractivity contribution in [2.45, 2.75) is 12.4 Å². The summed E-state index contributed by atoms with van der Waals surface area (Å²) in [5.74, 6) is -1.77. The fourth-order valence-electron chi connectivity index (χ4n) is 11.3. The Hall–Kier alpha value is -8.50. The predicted molar refractivity (Wildman–Crippen MR) is 322 cm³/mol. The van der Waals surface area contributed by atoms with Crippen LogP contribution in [0.2, 0.25) is 0 Å². The molecule has 0 saturated heterocycles. The summed E-state index contributed by atoms with van der Waals surface area (Å²) >= 11 is 0. The van der Waals surface area contributed by atoms with E-state index in [0.717, 1.165) is 21.5 Å². The molecule has 5 nitrogen and oxygen atoms in total. The molecule has 0 radical (unpaired) electrons. The number of halogens is 6. The zero-order valence-corrected chi connectivity index (χ0v) is 45.6. The number of rotatable bonds is 18. The summed E-state index contributed by atoms with van der Waals surface area (Å²) in [4.78, 5) is 32.1. The molecule has 0 aliphatic rings. The summed E-state index contributed by atoms with van der Waals surface area (Å²) in [7, 11) is -2.39. The van der Waals surface area contributed by atoms with Crippen molar-refractivity contribution in [3.63, 3.8) is 0 Å². The molecule has 0 heterocycles. The van der Waals surface area contributed by atoms with Crippen LogP contribution < -0.4 is 36.5 Å². The van der Waals surface area contributed by atoms with Crippen LogP contribution in [0.3, 0.4) is 0 Å². The van der Waals surface area contributed by atoms with Crippen molar-refractivity contribution in [1.29, 1.82) is 0 Å². The molecule has 0 unspecified atom stereocenters. The molecule has 11 rings (SSSR count). The Bertz CT molecular complexity index is 3620. The summed E-state index contributed by atoms with van der Waals surface area (Å²) in [6, 6.07) is 80.2. The van der Waals surface area contributed by atoms with Crippen LogP contribution in [0.5, 0.6) is 5.75 Å². The van der Waals surface area contributed by atoms with E-state index in [9.17, 15) is 0 Å². The van der Waals surface area contributed by atoms with Crippen molar-refractivity contribution in [2.24, 2.45) is 0 Å². The molecule has 0 bridgehead atoms. The molecule has 0 amide bonds. The van der Waals surface area contributed by atoms with E-state index in [1.165, 1.54) is 0 Å². The van der Waals surface area contributed by atoms with Crippen LogP contribution in [-0.4, -0.2) is 31.2 Å². The summed E-state index contributed by atoms with van der Waals surface area (Å²) in [6.07, 6.45) is -11.6. The predicted octanol–water partition coefficient (Wildman–Crippen LogP) is 15.1. The Labute approximate surface area is 471 Å². The summed E-state index contributed by atoms with van der Waals surface area (Å²) in [5.41, 5.74) is -2.73. The average Bonchev–Trinajstić information content (AvgIpc) is 0.887. The zero-order chi connectivity index (χ0) is 57.1. The van der Waals surface area contributed by atoms with Gasteiger partial charge in [0.05, 0.1) is 0 Å². The van der Waals surface area contributed by atoms with Gasteiger partial charge in [0, 0.05) is 0 Å². The first-order valence-corrected chi connectivity index (χ1v) is 31.0. The summed E-state index contributed by atoms with van der Waals surface area (Å²) < 4.78 is 114. The third kappa shape index (κ3) is 10.1. The second kappa shape index (κ2) is 22.1. The van der Waals surface area contributed by atoms with Crippen molar-refractivity contribution in [3.8, 4) is 5.75 Å². The Kier molecular flexibility index (Phi) is 14.9. The van der Waals surface area contributed by atoms with Gasteiger partial charge in [0.1, 0.15) is 0 Å². The number of carbonyl (C=O) groups is 2. The maximum absolute atomic E-state index is 16.1. The first-order valence-electron chi connectivity index (χ1n) is 26.3. The molecule has 408 valence electrons. The third-order valence-corrected chi connectivity index (χ3v) is 26.7. The number of ketones is 2. The monoisotopic (exact) mass is 1130 g/mol. The van der Waals surface area contributed by atoms with Gasteiger partial charge in [0.25, 0.3) is 0 Å². The second-order valence-electron chi connectivity index (χ2n) is 20.1. The van der Waals surface area contributed by atoms with Gasteiger partial charge in [-0.25, -0.2) is 0 Å². The number of carbonyl (C=O) groups excluding carboxylic acids is 2. The van der Waals surface area contributed by atoms with E-state index in [2.05, 4.69) is 0 Å². The minimum absolute atomic E-state index is 0.0177. The van der Waals surface area contributed by atoms with Crippen molar-refractivity contribution in [1.82, 2.24) is 0 Å². The third-order valence-electron chi connectivity index (χ3n) is 15.3. The van der Waals surface area contributed by atoms with E-state index < -0.39 is 74.1 Å². The van der Waals surface area contributed by atoms with Crippen LogP contribution in [0.4, 0.5) is 26.3 Å². The number of hydrogen-bond donors (Lipinski definition) is 0. The molecule has 0 atom stereocenters. The molecule has 11 aromatic rings. The average molecular weight is 1130 g/mol. The molecule has 0 N–H and O–H groups in total. The summed E-state index contributed by atoms with van der Waals surface area (Å²) in [5, 5.41) is 5.88. The van der Waals surface area contributed by atoms with E-state index in [-0.39, 0.29) is 6.07 Å². The molecule has 14 heteroatoms. The first kappa shape index (κ1) is 55.4. The number of fused-ring (bicyclic) bond motifs is 2. The topological polar surface area (TPSA) is 61.8 Å². The minimum atomic E-state index is -5.35. The van der Waals surface area contributed by atoms with Crippen molar-refractivity contribution < 1.29 is 49.5 Å². The van der Waals surface area contributed by atoms with Crippen LogP contribution in [0.25, 0.3) is 21.5 Å². The Morgan fingerprint density at radius 2 is 0.598 bits per heavy atom. The van der Waals surface area contributed by atoms with Crippen LogP contribution in [0, 0.1) is 0 Å². The van der Waals surface area contributed by atoms with Crippen LogP contribution in [-0.2, 0) is 21.2 Å². The molecule has 82 heavy (non-hydrogen) atoms. The quantitative estimate of drug-likeness (QED) is 0.0371. The fourth-order valence-corrected chi connectivity index (χ4v) is 22.4. The Morgan fingerprint density at radius 1 is 0.329 bits per heavy atom. The second-order valence-corrected chi connectivity index (χ2v) is 29.1. The fraction of sp³-hybridized carbons (Fsp3) is 0.0588. The van der Waals surface area contributed by atoms with E-state index in [1.807, 2.05) is 60.7 Å². The zero-order valence-electron chi connectivity index (χ0n) is 43.8. The maximum atomic E-state index is 16.1. The molecular weight excluding hydrogens is 1080 g/mol. The van der Waals surface area contributed by atoms with Crippen LogP contribution >= 0.6 is 13.7 Å². The van der Waals surface area contributed by atoms with E-state index in [1.54, 1.807) is 206 Å². The molecule has 0 spiro atoms. The van der Waals surface area contributed by atoms with Gasteiger partial charge in [0.15, 0.2) is 0 Å². The van der Waals surface area contributed by atoms with Gasteiger partial charge in [-0.2, -0.15) is 0 Å². The molecular formula is C68H51BF6O5P2. The molecule has 11 aromatic carbocycles. The van der Waals surface area contributed by atoms with Crippen LogP contribution in [0.15, 0.2) is 285 Å². The van der Waals surface area contributed by atoms with Gasteiger partial charge in [-0.1, -0.05) is 0 Å². The normalized spacial score (nSPS) is 13.1. The number of alkyl halides is 6. The van der Waals surface area contributed by atoms with Gasteiger partial charge >= 0.3 is 473 Å². The van der Waals surface area contributed by atoms with Gasteiger partial charge in [0.2, 0.25) is 0 Å². The van der Waals surface area contributed by atoms with Gasteiger partial charge < -0.3 is 0 Å². The van der Waals surface area contributed by atoms with Gasteiger partial charge in [-0.3, -0.25) is 0 Å². The molecule has 0 saturated carbocycles.